The molecular weight excluding hydrogens is 338 g/mol. The molecule has 1 unspecified atom stereocenters. The minimum Gasteiger partial charge on any atom is -0.361 e. The average Bonchev–Trinajstić information content (AvgIpc) is 3.11. The summed E-state index contributed by atoms with van der Waals surface area (Å²) in [6, 6.07) is 14.6. The van der Waals surface area contributed by atoms with Crippen molar-refractivity contribution in [3.63, 3.8) is 0 Å². The van der Waals surface area contributed by atoms with E-state index in [4.69, 9.17) is 0 Å². The predicted octanol–water partition coefficient (Wildman–Crippen LogP) is 3.21. The van der Waals surface area contributed by atoms with Gasteiger partial charge in [0.2, 0.25) is 5.91 Å². The Hall–Kier alpha value is -3.08. The van der Waals surface area contributed by atoms with Crippen LogP contribution < -0.4 is 10.6 Å². The van der Waals surface area contributed by atoms with E-state index in [0.29, 0.717) is 12.1 Å². The summed E-state index contributed by atoms with van der Waals surface area (Å²) in [4.78, 5) is 27.7. The van der Waals surface area contributed by atoms with Crippen LogP contribution in [0.1, 0.15) is 35.3 Å². The zero-order valence-corrected chi connectivity index (χ0v) is 15.7. The van der Waals surface area contributed by atoms with E-state index >= 15 is 0 Å². The maximum absolute atomic E-state index is 12.3. The molecule has 3 aromatic rings. The fraction of sp³-hybridized carbons (Fsp3) is 0.273. The smallest absolute Gasteiger partial charge is 0.251 e. The van der Waals surface area contributed by atoms with E-state index in [2.05, 4.69) is 40.7 Å². The summed E-state index contributed by atoms with van der Waals surface area (Å²) < 4.78 is 0. The highest BCUT2D eigenvalue weighted by Gasteiger charge is 2.16. The molecule has 3 N–H and O–H groups in total. The molecule has 1 aromatic heterocycles. The first-order chi connectivity index (χ1) is 13.1. The number of aromatic amines is 1. The fourth-order valence-corrected chi connectivity index (χ4v) is 3.19. The van der Waals surface area contributed by atoms with Crippen molar-refractivity contribution in [1.82, 2.24) is 15.6 Å². The van der Waals surface area contributed by atoms with Gasteiger partial charge in [-0.3, -0.25) is 9.59 Å². The lowest BCUT2D eigenvalue weighted by Gasteiger charge is -2.14. The molecule has 0 radical (unpaired) electrons. The van der Waals surface area contributed by atoms with Crippen molar-refractivity contribution in [1.29, 1.82) is 0 Å². The molecule has 27 heavy (non-hydrogen) atoms. The topological polar surface area (TPSA) is 74.0 Å². The average molecular weight is 363 g/mol. The summed E-state index contributed by atoms with van der Waals surface area (Å²) in [7, 11) is 0. The number of H-pyrrole nitrogens is 1. The summed E-state index contributed by atoms with van der Waals surface area (Å²) in [5.41, 5.74) is 4.19. The molecule has 2 aromatic carbocycles. The van der Waals surface area contributed by atoms with Crippen LogP contribution >= 0.6 is 0 Å². The number of hydrogen-bond donors (Lipinski definition) is 3. The Balaban J connectivity index is 1.53. The lowest BCUT2D eigenvalue weighted by atomic mass is 10.1. The third-order valence-corrected chi connectivity index (χ3v) is 4.74. The van der Waals surface area contributed by atoms with E-state index in [1.807, 2.05) is 12.3 Å². The van der Waals surface area contributed by atoms with Crippen LogP contribution in [0.5, 0.6) is 0 Å². The third-order valence-electron chi connectivity index (χ3n) is 4.74. The normalized spacial score (nSPS) is 11.9. The van der Waals surface area contributed by atoms with Crippen LogP contribution in [0.2, 0.25) is 0 Å². The molecular formula is C22H25N3O2. The maximum Gasteiger partial charge on any atom is 0.251 e. The Morgan fingerprint density at radius 3 is 2.56 bits per heavy atom. The number of benzene rings is 2. The molecule has 5 heteroatoms. The number of rotatable bonds is 7. The van der Waals surface area contributed by atoms with Gasteiger partial charge in [0.05, 0.1) is 0 Å². The second-order valence-electron chi connectivity index (χ2n) is 6.61. The van der Waals surface area contributed by atoms with Gasteiger partial charge in [0.1, 0.15) is 6.04 Å². The van der Waals surface area contributed by atoms with Crippen LogP contribution in [0, 0.1) is 0 Å². The van der Waals surface area contributed by atoms with Crippen molar-refractivity contribution in [2.24, 2.45) is 0 Å². The van der Waals surface area contributed by atoms with Crippen molar-refractivity contribution >= 4 is 22.7 Å². The van der Waals surface area contributed by atoms with Gasteiger partial charge in [0.15, 0.2) is 0 Å². The van der Waals surface area contributed by atoms with Gasteiger partial charge in [0.25, 0.3) is 5.91 Å². The molecule has 3 rings (SSSR count). The summed E-state index contributed by atoms with van der Waals surface area (Å²) >= 11 is 0. The van der Waals surface area contributed by atoms with E-state index in [0.717, 1.165) is 12.8 Å². The summed E-state index contributed by atoms with van der Waals surface area (Å²) in [6.45, 7) is 4.35. The van der Waals surface area contributed by atoms with E-state index < -0.39 is 6.04 Å². The van der Waals surface area contributed by atoms with Crippen LogP contribution in [0.25, 0.3) is 10.9 Å². The van der Waals surface area contributed by atoms with Crippen molar-refractivity contribution < 1.29 is 9.59 Å². The van der Waals surface area contributed by atoms with Gasteiger partial charge in [-0.15, -0.1) is 0 Å². The lowest BCUT2D eigenvalue weighted by molar-refractivity contribution is -0.122. The summed E-state index contributed by atoms with van der Waals surface area (Å²) in [5, 5.41) is 6.83. The van der Waals surface area contributed by atoms with Crippen molar-refractivity contribution in [3.05, 3.63) is 71.4 Å². The molecule has 0 aliphatic heterocycles. The molecule has 0 aliphatic rings. The van der Waals surface area contributed by atoms with Crippen LogP contribution in [0.3, 0.4) is 0 Å². The minimum absolute atomic E-state index is 0.187. The number of aromatic nitrogens is 1. The van der Waals surface area contributed by atoms with E-state index in [-0.39, 0.29) is 11.8 Å². The second-order valence-corrected chi connectivity index (χ2v) is 6.61. The van der Waals surface area contributed by atoms with Crippen LogP contribution in [-0.2, 0) is 17.6 Å². The fourth-order valence-electron chi connectivity index (χ4n) is 3.19. The molecule has 1 atom stereocenters. The molecule has 0 saturated heterocycles. The Labute approximate surface area is 159 Å². The van der Waals surface area contributed by atoms with Crippen LogP contribution in [0.4, 0.5) is 0 Å². The van der Waals surface area contributed by atoms with Gasteiger partial charge in [-0.1, -0.05) is 43.3 Å². The van der Waals surface area contributed by atoms with E-state index in [9.17, 15) is 9.59 Å². The number of hydrogen-bond acceptors (Lipinski definition) is 2. The predicted molar refractivity (Wildman–Crippen MR) is 108 cm³/mol. The van der Waals surface area contributed by atoms with E-state index in [1.54, 1.807) is 31.2 Å². The molecule has 140 valence electrons. The molecule has 1 heterocycles. The standard InChI is InChI=1S/C22H25N3O2/c1-3-16-10-7-11-19-18(14-24-20(16)19)12-13-23-21(26)15(2)25-22(27)17-8-5-4-6-9-17/h4-11,14-15,24H,3,12-13H2,1-2H3,(H,23,26)(H,25,27). The first-order valence-electron chi connectivity index (χ1n) is 9.31. The molecule has 0 aliphatic carbocycles. The molecule has 0 fully saturated rings. The number of para-hydroxylation sites is 1. The monoisotopic (exact) mass is 363 g/mol. The van der Waals surface area contributed by atoms with Gasteiger partial charge < -0.3 is 15.6 Å². The Morgan fingerprint density at radius 1 is 1.04 bits per heavy atom. The highest BCUT2D eigenvalue weighted by atomic mass is 16.2. The quantitative estimate of drug-likeness (QED) is 0.603. The highest BCUT2D eigenvalue weighted by molar-refractivity contribution is 5.97. The number of carbonyl (C=O) groups excluding carboxylic acids is 2. The molecule has 0 spiro atoms. The number of nitrogens with one attached hydrogen (secondary N) is 3. The zero-order valence-electron chi connectivity index (χ0n) is 15.7. The Kier molecular flexibility index (Phi) is 5.91. The second kappa shape index (κ2) is 8.54. The Bertz CT molecular complexity index is 931. The number of carbonyl (C=O) groups is 2. The summed E-state index contributed by atoms with van der Waals surface area (Å²) in [6.07, 6.45) is 3.72. The van der Waals surface area contributed by atoms with Gasteiger partial charge in [-0.05, 0) is 43.0 Å². The minimum atomic E-state index is -0.590. The number of amides is 2. The molecule has 0 saturated carbocycles. The van der Waals surface area contributed by atoms with E-state index in [1.165, 1.54) is 22.0 Å². The van der Waals surface area contributed by atoms with Crippen molar-refractivity contribution in [2.75, 3.05) is 6.54 Å². The molecule has 5 nitrogen and oxygen atoms in total. The lowest BCUT2D eigenvalue weighted by Crippen LogP contribution is -2.45. The number of fused-ring (bicyclic) bond motifs is 1. The maximum atomic E-state index is 12.3. The largest absolute Gasteiger partial charge is 0.361 e. The first-order valence-corrected chi connectivity index (χ1v) is 9.31. The van der Waals surface area contributed by atoms with Crippen LogP contribution in [0.15, 0.2) is 54.7 Å². The van der Waals surface area contributed by atoms with Gasteiger partial charge in [-0.25, -0.2) is 0 Å². The Morgan fingerprint density at radius 2 is 1.81 bits per heavy atom. The molecule has 2 amide bonds. The van der Waals surface area contributed by atoms with Crippen molar-refractivity contribution in [2.45, 2.75) is 32.7 Å². The van der Waals surface area contributed by atoms with Crippen LogP contribution in [-0.4, -0.2) is 29.4 Å². The number of aryl methyl sites for hydroxylation is 1. The summed E-state index contributed by atoms with van der Waals surface area (Å²) in [5.74, 6) is -0.435. The van der Waals surface area contributed by atoms with Crippen molar-refractivity contribution in [3.8, 4) is 0 Å². The molecule has 0 bridgehead atoms. The van der Waals surface area contributed by atoms with Gasteiger partial charge >= 0.3 is 0 Å². The van der Waals surface area contributed by atoms with Gasteiger partial charge in [-0.2, -0.15) is 0 Å². The zero-order chi connectivity index (χ0) is 19.2. The first kappa shape index (κ1) is 18.7. The third kappa shape index (κ3) is 4.37. The highest BCUT2D eigenvalue weighted by Crippen LogP contribution is 2.22. The van der Waals surface area contributed by atoms with Gasteiger partial charge in [0, 0.05) is 29.2 Å². The SMILES string of the molecule is CCc1cccc2c(CCNC(=O)C(C)NC(=O)c3ccccc3)c[nH]c12.